The average Bonchev–Trinajstić information content (AvgIpc) is 3.20. The average molecular weight is 587 g/mol. The van der Waals surface area contributed by atoms with Gasteiger partial charge < -0.3 is 15.2 Å². The highest BCUT2D eigenvalue weighted by Crippen LogP contribution is 2.28. The molecule has 2 N–H and O–H groups in total. The van der Waals surface area contributed by atoms with Gasteiger partial charge in [-0.15, -0.1) is 16.8 Å². The molecule has 190 valence electrons. The van der Waals surface area contributed by atoms with Crippen molar-refractivity contribution in [2.45, 2.75) is 31.6 Å². The van der Waals surface area contributed by atoms with Crippen LogP contribution in [-0.2, 0) is 11.3 Å². The fraction of sp³-hybridized carbons (Fsp3) is 0.250. The Morgan fingerprint density at radius 3 is 2.42 bits per heavy atom. The van der Waals surface area contributed by atoms with E-state index in [0.717, 1.165) is 0 Å². The smallest absolute Gasteiger partial charge is 0.253 e. The Morgan fingerprint density at radius 2 is 1.75 bits per heavy atom. The van der Waals surface area contributed by atoms with Crippen molar-refractivity contribution in [3.8, 4) is 0 Å². The predicted molar refractivity (Wildman–Crippen MR) is 148 cm³/mol. The Balaban J connectivity index is 1.78. The molecule has 1 heterocycles. The number of rotatable bonds is 10. The van der Waals surface area contributed by atoms with E-state index in [4.69, 9.17) is 46.4 Å². The Hall–Kier alpha value is -2.23. The molecule has 36 heavy (non-hydrogen) atoms. The first-order valence-corrected chi connectivity index (χ1v) is 13.3. The molecule has 0 fully saturated rings. The second kappa shape index (κ2) is 12.8. The minimum atomic E-state index is -0.481. The molecule has 1 atom stereocenters. The predicted octanol–water partition coefficient (Wildman–Crippen LogP) is 6.94. The SMILES string of the molecule is C=CCn1c(SCC(=O)Nc2cc(Cl)ccc2Cl)nnc1[C@H](NC(=O)c1ccc(Cl)cc1Cl)C(C)C. The van der Waals surface area contributed by atoms with E-state index < -0.39 is 6.04 Å². The van der Waals surface area contributed by atoms with E-state index in [-0.39, 0.29) is 28.5 Å². The van der Waals surface area contributed by atoms with Crippen molar-refractivity contribution >= 4 is 75.7 Å². The van der Waals surface area contributed by atoms with Gasteiger partial charge in [-0.2, -0.15) is 0 Å². The number of halogens is 4. The Morgan fingerprint density at radius 1 is 1.06 bits per heavy atom. The van der Waals surface area contributed by atoms with E-state index in [2.05, 4.69) is 27.4 Å². The first-order chi connectivity index (χ1) is 17.1. The van der Waals surface area contributed by atoms with Crippen molar-refractivity contribution in [1.29, 1.82) is 0 Å². The zero-order valence-corrected chi connectivity index (χ0v) is 23.2. The van der Waals surface area contributed by atoms with E-state index in [1.165, 1.54) is 17.8 Å². The molecule has 0 aliphatic heterocycles. The summed E-state index contributed by atoms with van der Waals surface area (Å²) in [6.45, 7) is 8.10. The topological polar surface area (TPSA) is 88.9 Å². The summed E-state index contributed by atoms with van der Waals surface area (Å²) in [6, 6.07) is 9.02. The molecule has 0 aliphatic rings. The number of nitrogens with zero attached hydrogens (tertiary/aromatic N) is 3. The van der Waals surface area contributed by atoms with Crippen LogP contribution in [0.15, 0.2) is 54.2 Å². The molecule has 2 amide bonds. The van der Waals surface area contributed by atoms with Gasteiger partial charge >= 0.3 is 0 Å². The molecule has 3 rings (SSSR count). The van der Waals surface area contributed by atoms with Gasteiger partial charge in [0.15, 0.2) is 11.0 Å². The van der Waals surface area contributed by atoms with Gasteiger partial charge in [0.1, 0.15) is 0 Å². The standard InChI is InChI=1S/C24H23Cl4N5O2S/c1-4-9-33-22(21(13(2)3)30-23(35)16-7-5-14(25)10-18(16)28)31-32-24(33)36-12-20(34)29-19-11-15(26)6-8-17(19)27/h4-8,10-11,13,21H,1,9,12H2,2-3H3,(H,29,34)(H,30,35)/t21-/m1/s1. The lowest BCUT2D eigenvalue weighted by molar-refractivity contribution is -0.113. The molecular weight excluding hydrogens is 564 g/mol. The summed E-state index contributed by atoms with van der Waals surface area (Å²) in [5.41, 5.74) is 0.721. The highest BCUT2D eigenvalue weighted by molar-refractivity contribution is 7.99. The molecule has 0 unspecified atom stereocenters. The van der Waals surface area contributed by atoms with E-state index in [1.807, 2.05) is 18.4 Å². The van der Waals surface area contributed by atoms with Gasteiger partial charge in [-0.25, -0.2) is 0 Å². The fourth-order valence-electron chi connectivity index (χ4n) is 3.27. The number of aromatic nitrogens is 3. The third-order valence-corrected chi connectivity index (χ3v) is 7.08. The zero-order chi connectivity index (χ0) is 26.4. The highest BCUT2D eigenvalue weighted by Gasteiger charge is 2.27. The molecule has 3 aromatic rings. The molecule has 0 saturated heterocycles. The minimum absolute atomic E-state index is 0.0288. The second-order valence-corrected chi connectivity index (χ2v) is 10.7. The Kier molecular flexibility index (Phi) is 10.1. The summed E-state index contributed by atoms with van der Waals surface area (Å²) in [5, 5.41) is 16.4. The largest absolute Gasteiger partial charge is 0.342 e. The molecule has 0 aliphatic carbocycles. The summed E-state index contributed by atoms with van der Waals surface area (Å²) in [5.74, 6) is -0.0968. The van der Waals surface area contributed by atoms with Crippen molar-refractivity contribution in [2.75, 3.05) is 11.1 Å². The lowest BCUT2D eigenvalue weighted by atomic mass is 10.0. The number of hydrogen-bond donors (Lipinski definition) is 2. The van der Waals surface area contributed by atoms with Crippen LogP contribution in [0.4, 0.5) is 5.69 Å². The van der Waals surface area contributed by atoms with E-state index in [9.17, 15) is 9.59 Å². The highest BCUT2D eigenvalue weighted by atomic mass is 35.5. The maximum atomic E-state index is 13.0. The van der Waals surface area contributed by atoms with Crippen molar-refractivity contribution in [2.24, 2.45) is 5.92 Å². The maximum Gasteiger partial charge on any atom is 0.253 e. The van der Waals surface area contributed by atoms with Crippen molar-refractivity contribution < 1.29 is 9.59 Å². The number of benzene rings is 2. The number of nitrogens with one attached hydrogen (secondary N) is 2. The monoisotopic (exact) mass is 585 g/mol. The molecule has 2 aromatic carbocycles. The number of hydrogen-bond acceptors (Lipinski definition) is 5. The number of carbonyl (C=O) groups excluding carboxylic acids is 2. The van der Waals surface area contributed by atoms with E-state index in [1.54, 1.807) is 36.4 Å². The van der Waals surface area contributed by atoms with Crippen LogP contribution in [0.5, 0.6) is 0 Å². The molecule has 12 heteroatoms. The first kappa shape index (κ1) is 28.3. The lowest BCUT2D eigenvalue weighted by Crippen LogP contribution is -2.34. The summed E-state index contributed by atoms with van der Waals surface area (Å²) in [4.78, 5) is 25.5. The molecule has 7 nitrogen and oxygen atoms in total. The summed E-state index contributed by atoms with van der Waals surface area (Å²) < 4.78 is 1.81. The van der Waals surface area contributed by atoms with Crippen LogP contribution >= 0.6 is 58.2 Å². The van der Waals surface area contributed by atoms with E-state index in [0.29, 0.717) is 43.8 Å². The molecule has 0 radical (unpaired) electrons. The molecule has 0 bridgehead atoms. The van der Waals surface area contributed by atoms with Crippen LogP contribution in [0.1, 0.15) is 36.1 Å². The number of thioether (sulfide) groups is 1. The quantitative estimate of drug-likeness (QED) is 0.198. The van der Waals surface area contributed by atoms with Gasteiger partial charge in [-0.05, 0) is 42.3 Å². The number of amides is 2. The Labute approximate surface area is 233 Å². The van der Waals surface area contributed by atoms with Crippen LogP contribution in [0.3, 0.4) is 0 Å². The van der Waals surface area contributed by atoms with Gasteiger partial charge in [0, 0.05) is 16.6 Å². The number of anilines is 1. The Bertz CT molecular complexity index is 1280. The van der Waals surface area contributed by atoms with Gasteiger partial charge in [-0.3, -0.25) is 9.59 Å². The first-order valence-electron chi connectivity index (χ1n) is 10.8. The van der Waals surface area contributed by atoms with E-state index >= 15 is 0 Å². The third-order valence-electron chi connectivity index (χ3n) is 5.00. The van der Waals surface area contributed by atoms with Gasteiger partial charge in [0.05, 0.1) is 33.1 Å². The van der Waals surface area contributed by atoms with Crippen molar-refractivity contribution in [1.82, 2.24) is 20.1 Å². The summed E-state index contributed by atoms with van der Waals surface area (Å²) in [7, 11) is 0. The normalized spacial score (nSPS) is 11.9. The van der Waals surface area contributed by atoms with Crippen LogP contribution in [0.25, 0.3) is 0 Å². The number of carbonyl (C=O) groups is 2. The van der Waals surface area contributed by atoms with Crippen LogP contribution in [0, 0.1) is 5.92 Å². The molecule has 1 aromatic heterocycles. The van der Waals surface area contributed by atoms with Gasteiger partial charge in [0.25, 0.3) is 5.91 Å². The summed E-state index contributed by atoms with van der Waals surface area (Å²) in [6.07, 6.45) is 1.69. The minimum Gasteiger partial charge on any atom is -0.342 e. The van der Waals surface area contributed by atoms with Crippen molar-refractivity contribution in [3.63, 3.8) is 0 Å². The molecule has 0 spiro atoms. The zero-order valence-electron chi connectivity index (χ0n) is 19.4. The van der Waals surface area contributed by atoms with Gasteiger partial charge in [0.2, 0.25) is 5.91 Å². The van der Waals surface area contributed by atoms with Crippen LogP contribution < -0.4 is 10.6 Å². The molecule has 0 saturated carbocycles. The maximum absolute atomic E-state index is 13.0. The molecular formula is C24H23Cl4N5O2S. The van der Waals surface area contributed by atoms with Gasteiger partial charge in [-0.1, -0.05) is 78.1 Å². The lowest BCUT2D eigenvalue weighted by Gasteiger charge is -2.23. The van der Waals surface area contributed by atoms with Crippen LogP contribution in [0.2, 0.25) is 20.1 Å². The van der Waals surface area contributed by atoms with Crippen molar-refractivity contribution in [3.05, 3.63) is 80.5 Å². The summed E-state index contributed by atoms with van der Waals surface area (Å²) >= 11 is 25.5. The second-order valence-electron chi connectivity index (χ2n) is 8.02. The number of allylic oxidation sites excluding steroid dienone is 1. The fourth-order valence-corrected chi connectivity index (χ4v) is 4.86. The van der Waals surface area contributed by atoms with Crippen LogP contribution in [-0.4, -0.2) is 32.3 Å². The third kappa shape index (κ3) is 7.17.